The monoisotopic (exact) mass is 110 g/mol. The van der Waals surface area contributed by atoms with Gasteiger partial charge in [-0.05, 0) is 6.07 Å². The predicted molar refractivity (Wildman–Crippen MR) is 28.4 cm³/mol. The van der Waals surface area contributed by atoms with E-state index in [9.17, 15) is 0 Å². The van der Waals surface area contributed by atoms with Crippen LogP contribution in [0.5, 0.6) is 0 Å². The van der Waals surface area contributed by atoms with Crippen molar-refractivity contribution in [3.8, 4) is 0 Å². The second-order valence-corrected chi connectivity index (χ2v) is 1.70. The number of fused-ring (bicyclic) bond motifs is 1. The lowest BCUT2D eigenvalue weighted by Crippen LogP contribution is -2.20. The quantitative estimate of drug-likeness (QED) is 0.470. The van der Waals surface area contributed by atoms with Gasteiger partial charge in [-0.15, -0.1) is 0 Å². The van der Waals surface area contributed by atoms with Gasteiger partial charge in [0, 0.05) is 0 Å². The first-order valence-corrected chi connectivity index (χ1v) is 2.48. The van der Waals surface area contributed by atoms with Gasteiger partial charge in [0.1, 0.15) is 0 Å². The maximum Gasteiger partial charge on any atom is 0.0792 e. The average molecular weight is 110 g/mol. The van der Waals surface area contributed by atoms with Crippen LogP contribution in [0.3, 0.4) is 0 Å². The molecule has 42 valence electrons. The summed E-state index contributed by atoms with van der Waals surface area (Å²) in [7, 11) is 0. The van der Waals surface area contributed by atoms with E-state index in [1.165, 1.54) is 5.69 Å². The molecule has 0 radical (unpaired) electrons. The molecular formula is C4H6N4. The van der Waals surface area contributed by atoms with E-state index in [1.54, 1.807) is 11.0 Å². The molecule has 1 aliphatic rings. The fourth-order valence-electron chi connectivity index (χ4n) is 0.770. The van der Waals surface area contributed by atoms with E-state index in [-0.39, 0.29) is 0 Å². The van der Waals surface area contributed by atoms with Crippen molar-refractivity contribution in [1.29, 1.82) is 0 Å². The van der Waals surface area contributed by atoms with Crippen LogP contribution in [0.1, 0.15) is 5.69 Å². The highest BCUT2D eigenvalue weighted by molar-refractivity contribution is 5.04. The largest absolute Gasteiger partial charge is 0.242 e. The van der Waals surface area contributed by atoms with Crippen molar-refractivity contribution in [2.45, 2.75) is 6.54 Å². The van der Waals surface area contributed by atoms with Gasteiger partial charge >= 0.3 is 0 Å². The normalized spacial score (nSPS) is 15.5. The van der Waals surface area contributed by atoms with Gasteiger partial charge in [0.2, 0.25) is 0 Å². The summed E-state index contributed by atoms with van der Waals surface area (Å²) in [6, 6.07) is 1.97. The Morgan fingerprint density at radius 1 is 1.75 bits per heavy atom. The molecule has 4 nitrogen and oxygen atoms in total. The number of rotatable bonds is 0. The van der Waals surface area contributed by atoms with Gasteiger partial charge < -0.3 is 0 Å². The molecule has 0 spiro atoms. The van der Waals surface area contributed by atoms with Crippen LogP contribution in [-0.2, 0) is 6.54 Å². The zero-order chi connectivity index (χ0) is 5.40. The summed E-state index contributed by atoms with van der Waals surface area (Å²) in [5.74, 6) is 0. The van der Waals surface area contributed by atoms with E-state index in [0.29, 0.717) is 0 Å². The molecule has 1 aliphatic heterocycles. The molecule has 1 aromatic rings. The number of aromatic nitrogens is 2. The summed E-state index contributed by atoms with van der Waals surface area (Å²) in [5.41, 5.74) is 6.93. The van der Waals surface area contributed by atoms with Crippen molar-refractivity contribution in [2.75, 3.05) is 5.53 Å². The molecule has 0 unspecified atom stereocenters. The minimum Gasteiger partial charge on any atom is -0.242 e. The minimum absolute atomic E-state index is 0.861. The lowest BCUT2D eigenvalue weighted by Gasteiger charge is -1.92. The Bertz CT molecular complexity index is 173. The maximum absolute atomic E-state index is 3.94. The third-order valence-electron chi connectivity index (χ3n) is 1.18. The number of hydrogen-bond acceptors (Lipinski definition) is 3. The predicted octanol–water partition coefficient (Wildman–Crippen LogP) is -0.555. The molecule has 1 aromatic heterocycles. The van der Waals surface area contributed by atoms with Crippen LogP contribution in [0.15, 0.2) is 12.3 Å². The first kappa shape index (κ1) is 3.91. The van der Waals surface area contributed by atoms with Crippen molar-refractivity contribution in [2.24, 2.45) is 0 Å². The lowest BCUT2D eigenvalue weighted by molar-refractivity contribution is 0.730. The first-order valence-electron chi connectivity index (χ1n) is 2.48. The van der Waals surface area contributed by atoms with E-state index in [1.807, 2.05) is 6.07 Å². The molecule has 0 amide bonds. The number of hydrazine groups is 1. The Kier molecular flexibility index (Phi) is 0.599. The van der Waals surface area contributed by atoms with Crippen molar-refractivity contribution >= 4 is 0 Å². The van der Waals surface area contributed by atoms with Gasteiger partial charge in [0.05, 0.1) is 18.4 Å². The third kappa shape index (κ3) is 0.350. The highest BCUT2D eigenvalue weighted by atomic mass is 15.7. The number of nitrogens with one attached hydrogen (secondary N) is 2. The van der Waals surface area contributed by atoms with Crippen LogP contribution < -0.4 is 11.0 Å². The Hall–Kier alpha value is -1.03. The van der Waals surface area contributed by atoms with Crippen molar-refractivity contribution in [3.05, 3.63) is 18.0 Å². The van der Waals surface area contributed by atoms with Crippen molar-refractivity contribution < 1.29 is 0 Å². The zero-order valence-electron chi connectivity index (χ0n) is 4.26. The molecule has 2 N–H and O–H groups in total. The van der Waals surface area contributed by atoms with Crippen LogP contribution in [-0.4, -0.2) is 9.89 Å². The molecular weight excluding hydrogens is 104 g/mol. The molecule has 0 aliphatic carbocycles. The van der Waals surface area contributed by atoms with E-state index in [4.69, 9.17) is 0 Å². The Morgan fingerprint density at radius 3 is 3.62 bits per heavy atom. The summed E-state index contributed by atoms with van der Waals surface area (Å²) in [5, 5.41) is 3.94. The summed E-state index contributed by atoms with van der Waals surface area (Å²) >= 11 is 0. The fourth-order valence-corrected chi connectivity index (χ4v) is 0.770. The summed E-state index contributed by atoms with van der Waals surface area (Å²) in [6.07, 6.45) is 1.77. The van der Waals surface area contributed by atoms with E-state index in [0.717, 1.165) is 6.54 Å². The van der Waals surface area contributed by atoms with Crippen molar-refractivity contribution in [1.82, 2.24) is 15.3 Å². The number of nitrogens with zero attached hydrogens (tertiary/aromatic N) is 2. The second kappa shape index (κ2) is 1.23. The van der Waals surface area contributed by atoms with Crippen LogP contribution in [0.2, 0.25) is 0 Å². The van der Waals surface area contributed by atoms with Gasteiger partial charge in [-0.3, -0.25) is 0 Å². The Balaban J connectivity index is 2.54. The minimum atomic E-state index is 0.861. The molecule has 0 aromatic carbocycles. The molecule has 2 rings (SSSR count). The van der Waals surface area contributed by atoms with Gasteiger partial charge in [0.25, 0.3) is 0 Å². The molecule has 4 heteroatoms. The summed E-state index contributed by atoms with van der Waals surface area (Å²) in [4.78, 5) is 1.71. The highest BCUT2D eigenvalue weighted by Gasteiger charge is 2.05. The Morgan fingerprint density at radius 2 is 2.75 bits per heavy atom. The maximum atomic E-state index is 3.94. The fraction of sp³-hybridized carbons (Fsp3) is 0.250. The third-order valence-corrected chi connectivity index (χ3v) is 1.18. The van der Waals surface area contributed by atoms with Crippen molar-refractivity contribution in [3.63, 3.8) is 0 Å². The topological polar surface area (TPSA) is 41.9 Å². The van der Waals surface area contributed by atoms with Gasteiger partial charge in [-0.2, -0.15) is 9.89 Å². The van der Waals surface area contributed by atoms with Gasteiger partial charge in [-0.25, -0.2) is 11.0 Å². The second-order valence-electron chi connectivity index (χ2n) is 1.70. The first-order chi connectivity index (χ1) is 3.97. The molecule has 2 heterocycles. The zero-order valence-corrected chi connectivity index (χ0v) is 4.26. The molecule has 0 bridgehead atoms. The standard InChI is InChI=1S/C4H6N4/c1-2-6-8-4(1)3-5-7-8/h1-2,5,7H,3H2. The molecule has 0 fully saturated rings. The average Bonchev–Trinajstić information content (AvgIpc) is 2.15. The van der Waals surface area contributed by atoms with Crippen LogP contribution in [0, 0.1) is 0 Å². The Labute approximate surface area is 46.4 Å². The van der Waals surface area contributed by atoms with Gasteiger partial charge in [-0.1, -0.05) is 0 Å². The molecule has 0 saturated carbocycles. The highest BCUT2D eigenvalue weighted by Crippen LogP contribution is 1.98. The van der Waals surface area contributed by atoms with E-state index >= 15 is 0 Å². The smallest absolute Gasteiger partial charge is 0.0792 e. The molecule has 0 atom stereocenters. The SMILES string of the molecule is c1cc2n(n1)NNC2. The molecule has 8 heavy (non-hydrogen) atoms. The van der Waals surface area contributed by atoms with Crippen LogP contribution >= 0.6 is 0 Å². The van der Waals surface area contributed by atoms with Crippen LogP contribution in [0.25, 0.3) is 0 Å². The lowest BCUT2D eigenvalue weighted by atomic mass is 10.5. The summed E-state index contributed by atoms with van der Waals surface area (Å²) < 4.78 is 0. The van der Waals surface area contributed by atoms with E-state index < -0.39 is 0 Å². The van der Waals surface area contributed by atoms with Gasteiger partial charge in [0.15, 0.2) is 0 Å². The summed E-state index contributed by atoms with van der Waals surface area (Å²) in [6.45, 7) is 0.861. The number of hydrogen-bond donors (Lipinski definition) is 2. The molecule has 0 saturated heterocycles. The van der Waals surface area contributed by atoms with E-state index in [2.05, 4.69) is 16.1 Å². The van der Waals surface area contributed by atoms with Crippen LogP contribution in [0.4, 0.5) is 0 Å².